The van der Waals surface area contributed by atoms with Crippen LogP contribution < -0.4 is 10.1 Å². The molecule has 1 N–H and O–H groups in total. The molecular weight excluding hydrogens is 252 g/mol. The van der Waals surface area contributed by atoms with E-state index in [1.807, 2.05) is 16.9 Å². The predicted octanol–water partition coefficient (Wildman–Crippen LogP) is 2.40. The summed E-state index contributed by atoms with van der Waals surface area (Å²) in [6.07, 6.45) is 6.48. The third-order valence-electron chi connectivity index (χ3n) is 3.20. The van der Waals surface area contributed by atoms with Crippen LogP contribution in [0.4, 0.5) is 0 Å². The molecule has 20 heavy (non-hydrogen) atoms. The normalized spacial score (nSPS) is 12.3. The van der Waals surface area contributed by atoms with Crippen LogP contribution in [0, 0.1) is 0 Å². The molecule has 2 heterocycles. The summed E-state index contributed by atoms with van der Waals surface area (Å²) in [7, 11) is 1.68. The zero-order valence-corrected chi connectivity index (χ0v) is 12.3. The van der Waals surface area contributed by atoms with E-state index in [4.69, 9.17) is 4.74 Å². The van der Waals surface area contributed by atoms with Gasteiger partial charge in [-0.2, -0.15) is 5.10 Å². The molecule has 0 aliphatic rings. The summed E-state index contributed by atoms with van der Waals surface area (Å²) < 4.78 is 7.49. The molecule has 0 saturated carbocycles. The molecule has 1 atom stereocenters. The van der Waals surface area contributed by atoms with Gasteiger partial charge in [-0.15, -0.1) is 0 Å². The summed E-state index contributed by atoms with van der Waals surface area (Å²) >= 11 is 0. The number of methoxy groups -OCH3 is 1. The van der Waals surface area contributed by atoms with Gasteiger partial charge in [0.1, 0.15) is 5.69 Å². The Kier molecular flexibility index (Phi) is 5.12. The number of hydrogen-bond donors (Lipinski definition) is 1. The lowest BCUT2D eigenvalue weighted by Gasteiger charge is -2.20. The molecule has 0 bridgehead atoms. The largest absolute Gasteiger partial charge is 0.493 e. The van der Waals surface area contributed by atoms with Crippen LogP contribution in [0.15, 0.2) is 30.7 Å². The lowest BCUT2D eigenvalue weighted by atomic mass is 10.0. The third-order valence-corrected chi connectivity index (χ3v) is 3.20. The van der Waals surface area contributed by atoms with Crippen LogP contribution in [0.3, 0.4) is 0 Å². The van der Waals surface area contributed by atoms with Gasteiger partial charge < -0.3 is 10.1 Å². The van der Waals surface area contributed by atoms with Crippen molar-refractivity contribution in [1.82, 2.24) is 20.1 Å². The zero-order chi connectivity index (χ0) is 14.4. The smallest absolute Gasteiger partial charge is 0.161 e. The Bertz CT molecular complexity index is 524. The van der Waals surface area contributed by atoms with Gasteiger partial charge in [-0.3, -0.25) is 9.67 Å². The predicted molar refractivity (Wildman–Crippen MR) is 78.8 cm³/mol. The minimum atomic E-state index is 0.0395. The minimum absolute atomic E-state index is 0.0395. The lowest BCUT2D eigenvalue weighted by Crippen LogP contribution is -2.25. The number of aromatic nitrogens is 3. The average Bonchev–Trinajstić information content (AvgIpc) is 2.89. The molecule has 2 aromatic heterocycles. The summed E-state index contributed by atoms with van der Waals surface area (Å²) in [5.74, 6) is 0.813. The van der Waals surface area contributed by atoms with Crippen LogP contribution in [0.1, 0.15) is 37.6 Å². The van der Waals surface area contributed by atoms with E-state index in [0.717, 1.165) is 36.5 Å². The minimum Gasteiger partial charge on any atom is -0.493 e. The van der Waals surface area contributed by atoms with Crippen LogP contribution in [0.25, 0.3) is 0 Å². The molecule has 5 nitrogen and oxygen atoms in total. The van der Waals surface area contributed by atoms with Crippen molar-refractivity contribution in [2.75, 3.05) is 13.7 Å². The summed E-state index contributed by atoms with van der Waals surface area (Å²) in [5.41, 5.74) is 2.18. The molecule has 0 saturated heterocycles. The van der Waals surface area contributed by atoms with Crippen LogP contribution >= 0.6 is 0 Å². The highest BCUT2D eigenvalue weighted by atomic mass is 16.5. The number of ether oxygens (including phenoxy) is 1. The summed E-state index contributed by atoms with van der Waals surface area (Å²) in [6.45, 7) is 5.97. The Hall–Kier alpha value is -1.88. The Morgan fingerprint density at radius 3 is 2.80 bits per heavy atom. The van der Waals surface area contributed by atoms with Gasteiger partial charge in [-0.1, -0.05) is 19.9 Å². The van der Waals surface area contributed by atoms with Crippen molar-refractivity contribution in [3.8, 4) is 5.75 Å². The van der Waals surface area contributed by atoms with Gasteiger partial charge >= 0.3 is 0 Å². The number of aryl methyl sites for hydroxylation is 1. The first kappa shape index (κ1) is 14.5. The standard InChI is InChI=1S/C15H22N4O/c1-4-9-19-15(13(20-3)11-18-19)14(17-5-2)12-7-6-8-16-10-12/h6-8,10-11,14,17H,4-5,9H2,1-3H3. The van der Waals surface area contributed by atoms with Crippen molar-refractivity contribution in [2.24, 2.45) is 0 Å². The van der Waals surface area contributed by atoms with E-state index in [1.54, 1.807) is 19.5 Å². The van der Waals surface area contributed by atoms with Gasteiger partial charge in [0.05, 0.1) is 19.3 Å². The van der Waals surface area contributed by atoms with Crippen LogP contribution in [-0.2, 0) is 6.54 Å². The van der Waals surface area contributed by atoms with Crippen LogP contribution in [0.5, 0.6) is 5.75 Å². The van der Waals surface area contributed by atoms with Crippen molar-refractivity contribution in [1.29, 1.82) is 0 Å². The monoisotopic (exact) mass is 274 g/mol. The topological polar surface area (TPSA) is 52.0 Å². The van der Waals surface area contributed by atoms with Gasteiger partial charge in [0, 0.05) is 18.9 Å². The summed E-state index contributed by atoms with van der Waals surface area (Å²) in [4.78, 5) is 4.22. The molecule has 0 fully saturated rings. The maximum absolute atomic E-state index is 5.48. The molecule has 1 unspecified atom stereocenters. The Labute approximate surface area is 120 Å². The molecule has 108 valence electrons. The number of hydrogen-bond acceptors (Lipinski definition) is 4. The van der Waals surface area contributed by atoms with Crippen LogP contribution in [0.2, 0.25) is 0 Å². The Balaban J connectivity index is 2.45. The van der Waals surface area contributed by atoms with Gasteiger partial charge in [-0.05, 0) is 24.6 Å². The van der Waals surface area contributed by atoms with Gasteiger partial charge in [0.15, 0.2) is 5.75 Å². The molecule has 0 aliphatic heterocycles. The first-order valence-corrected chi connectivity index (χ1v) is 7.04. The van der Waals surface area contributed by atoms with E-state index in [2.05, 4.69) is 35.3 Å². The van der Waals surface area contributed by atoms with Crippen molar-refractivity contribution in [3.05, 3.63) is 42.0 Å². The first-order chi connectivity index (χ1) is 9.81. The van der Waals surface area contributed by atoms with Gasteiger partial charge in [-0.25, -0.2) is 0 Å². The highest BCUT2D eigenvalue weighted by Gasteiger charge is 2.22. The van der Waals surface area contributed by atoms with E-state index in [0.29, 0.717) is 0 Å². The van der Waals surface area contributed by atoms with Crippen molar-refractivity contribution >= 4 is 0 Å². The molecular formula is C15H22N4O. The second-order valence-electron chi connectivity index (χ2n) is 4.60. The number of pyridine rings is 1. The zero-order valence-electron chi connectivity index (χ0n) is 12.3. The second-order valence-corrected chi connectivity index (χ2v) is 4.60. The van der Waals surface area contributed by atoms with E-state index < -0.39 is 0 Å². The molecule has 2 rings (SSSR count). The molecule has 0 spiro atoms. The van der Waals surface area contributed by atoms with Crippen molar-refractivity contribution in [3.63, 3.8) is 0 Å². The molecule has 0 aromatic carbocycles. The quantitative estimate of drug-likeness (QED) is 0.842. The molecule has 0 aliphatic carbocycles. The summed E-state index contributed by atoms with van der Waals surface area (Å²) in [6, 6.07) is 4.06. The molecule has 0 radical (unpaired) electrons. The Morgan fingerprint density at radius 1 is 1.35 bits per heavy atom. The lowest BCUT2D eigenvalue weighted by molar-refractivity contribution is 0.398. The molecule has 5 heteroatoms. The highest BCUT2D eigenvalue weighted by Crippen LogP contribution is 2.29. The van der Waals surface area contributed by atoms with Crippen molar-refractivity contribution in [2.45, 2.75) is 32.9 Å². The SMILES string of the molecule is CCCn1ncc(OC)c1C(NCC)c1cccnc1. The van der Waals surface area contributed by atoms with Gasteiger partial charge in [0.2, 0.25) is 0 Å². The highest BCUT2D eigenvalue weighted by molar-refractivity contribution is 5.35. The van der Waals surface area contributed by atoms with Crippen molar-refractivity contribution < 1.29 is 4.74 Å². The fourth-order valence-corrected chi connectivity index (χ4v) is 2.34. The number of nitrogens with zero attached hydrogens (tertiary/aromatic N) is 3. The van der Waals surface area contributed by atoms with E-state index >= 15 is 0 Å². The molecule has 0 amide bonds. The molecule has 2 aromatic rings. The van der Waals surface area contributed by atoms with E-state index in [1.165, 1.54) is 0 Å². The van der Waals surface area contributed by atoms with Gasteiger partial charge in [0.25, 0.3) is 0 Å². The summed E-state index contributed by atoms with van der Waals surface area (Å²) in [5, 5.41) is 7.93. The maximum atomic E-state index is 5.48. The van der Waals surface area contributed by atoms with Crippen LogP contribution in [-0.4, -0.2) is 28.4 Å². The second kappa shape index (κ2) is 7.05. The fraction of sp³-hybridized carbons (Fsp3) is 0.467. The first-order valence-electron chi connectivity index (χ1n) is 7.04. The Morgan fingerprint density at radius 2 is 2.20 bits per heavy atom. The number of nitrogens with one attached hydrogen (secondary N) is 1. The number of rotatable bonds is 7. The van der Waals surface area contributed by atoms with E-state index in [9.17, 15) is 0 Å². The van der Waals surface area contributed by atoms with E-state index in [-0.39, 0.29) is 6.04 Å². The fourth-order valence-electron chi connectivity index (χ4n) is 2.34. The maximum Gasteiger partial charge on any atom is 0.161 e. The third kappa shape index (κ3) is 2.99. The average molecular weight is 274 g/mol.